The zero-order valence-electron chi connectivity index (χ0n) is 16.3. The highest BCUT2D eigenvalue weighted by molar-refractivity contribution is 8.14. The summed E-state index contributed by atoms with van der Waals surface area (Å²) in [5, 5.41) is 11.3. The Morgan fingerprint density at radius 2 is 1.80 bits per heavy atom. The van der Waals surface area contributed by atoms with E-state index in [0.717, 1.165) is 17.3 Å². The summed E-state index contributed by atoms with van der Waals surface area (Å²) in [5.74, 6) is -0.558. The van der Waals surface area contributed by atoms with Gasteiger partial charge in [-0.15, -0.1) is 0 Å². The second-order valence-corrected chi connectivity index (χ2v) is 7.51. The Hall–Kier alpha value is -3.52. The lowest BCUT2D eigenvalue weighted by Crippen LogP contribution is -2.31. The van der Waals surface area contributed by atoms with Crippen molar-refractivity contribution in [3.05, 3.63) is 88.6 Å². The van der Waals surface area contributed by atoms with E-state index in [4.69, 9.17) is 4.74 Å². The van der Waals surface area contributed by atoms with Crippen molar-refractivity contribution in [2.75, 3.05) is 0 Å². The molecular weight excluding hydrogens is 404 g/mol. The van der Waals surface area contributed by atoms with Crippen LogP contribution in [0, 0.1) is 12.1 Å². The summed E-state index contributed by atoms with van der Waals surface area (Å²) >= 11 is 0.993. The van der Waals surface area contributed by atoms with E-state index in [9.17, 15) is 19.6 Å². The van der Waals surface area contributed by atoms with Crippen LogP contribution in [0.1, 0.15) is 39.0 Å². The van der Waals surface area contributed by atoms with Gasteiger partial charge in [-0.25, -0.2) is 4.98 Å². The van der Waals surface area contributed by atoms with Crippen molar-refractivity contribution in [2.45, 2.75) is 25.2 Å². The van der Waals surface area contributed by atoms with E-state index in [1.165, 1.54) is 19.3 Å². The van der Waals surface area contributed by atoms with E-state index in [0.29, 0.717) is 20.9 Å². The highest BCUT2D eigenvalue weighted by Crippen LogP contribution is 2.28. The van der Waals surface area contributed by atoms with Crippen molar-refractivity contribution in [1.29, 1.82) is 0 Å². The number of aryl methyl sites for hydroxylation is 1. The maximum absolute atomic E-state index is 12.6. The normalized spacial score (nSPS) is 10.5. The van der Waals surface area contributed by atoms with Crippen LogP contribution in [0.25, 0.3) is 0 Å². The van der Waals surface area contributed by atoms with Crippen LogP contribution in [0.4, 0.5) is 0 Å². The molecular formula is C22H18N2O5S. The molecule has 3 aromatic rings. The summed E-state index contributed by atoms with van der Waals surface area (Å²) in [6.07, 6.45) is 2.62. The van der Waals surface area contributed by atoms with E-state index >= 15 is 0 Å². The van der Waals surface area contributed by atoms with Gasteiger partial charge in [0.25, 0.3) is 0 Å². The molecule has 2 aromatic carbocycles. The van der Waals surface area contributed by atoms with Crippen molar-refractivity contribution < 1.29 is 23.9 Å². The van der Waals surface area contributed by atoms with E-state index < -0.39 is 5.97 Å². The van der Waals surface area contributed by atoms with Gasteiger partial charge in [0.2, 0.25) is 17.0 Å². The Kier molecular flexibility index (Phi) is 6.58. The molecule has 0 aliphatic carbocycles. The number of benzene rings is 2. The van der Waals surface area contributed by atoms with Gasteiger partial charge in [0.05, 0.1) is 11.8 Å². The Labute approximate surface area is 177 Å². The largest absolute Gasteiger partial charge is 0.618 e. The molecule has 0 bridgehead atoms. The van der Waals surface area contributed by atoms with Gasteiger partial charge in [-0.1, -0.05) is 24.3 Å². The van der Waals surface area contributed by atoms with E-state index in [-0.39, 0.29) is 28.8 Å². The Morgan fingerprint density at radius 3 is 2.47 bits per heavy atom. The lowest BCUT2D eigenvalue weighted by molar-refractivity contribution is -0.613. The molecule has 3 rings (SSSR count). The molecule has 0 saturated carbocycles. The molecule has 0 aliphatic heterocycles. The van der Waals surface area contributed by atoms with Crippen LogP contribution in [-0.4, -0.2) is 21.9 Å². The molecule has 152 valence electrons. The second kappa shape index (κ2) is 9.32. The fourth-order valence-electron chi connectivity index (χ4n) is 2.60. The standard InChI is InChI=1S/C22H18N2O5S/c1-14-12-23-19(13-24(14)28)20(26)11-16-7-9-17(10-8-16)30-22(27)18-5-3-4-6-21(18)29-15(2)25/h3-10,12-13H,11H2,1-2H3. The first-order chi connectivity index (χ1) is 14.3. The van der Waals surface area contributed by atoms with Crippen LogP contribution >= 0.6 is 11.8 Å². The number of aromatic nitrogens is 2. The van der Waals surface area contributed by atoms with Gasteiger partial charge in [-0.2, -0.15) is 4.73 Å². The second-order valence-electron chi connectivity index (χ2n) is 6.46. The highest BCUT2D eigenvalue weighted by atomic mass is 32.2. The number of carbonyl (C=O) groups is 3. The van der Waals surface area contributed by atoms with Crippen LogP contribution in [0.3, 0.4) is 0 Å². The lowest BCUT2D eigenvalue weighted by Gasteiger charge is -2.08. The lowest BCUT2D eigenvalue weighted by atomic mass is 10.1. The van der Waals surface area contributed by atoms with Gasteiger partial charge in [-0.3, -0.25) is 14.4 Å². The van der Waals surface area contributed by atoms with Crippen molar-refractivity contribution in [2.24, 2.45) is 0 Å². The van der Waals surface area contributed by atoms with Crippen molar-refractivity contribution in [1.82, 2.24) is 4.98 Å². The third-order valence-corrected chi connectivity index (χ3v) is 5.04. The number of Topliss-reactive ketones (excluding diaryl/α,β-unsaturated/α-hetero) is 1. The number of rotatable bonds is 6. The van der Waals surface area contributed by atoms with Gasteiger partial charge >= 0.3 is 5.97 Å². The molecule has 0 aliphatic rings. The summed E-state index contributed by atoms with van der Waals surface area (Å²) < 4.78 is 5.69. The number of esters is 1. The molecule has 7 nitrogen and oxygen atoms in total. The summed E-state index contributed by atoms with van der Waals surface area (Å²) in [7, 11) is 0. The van der Waals surface area contributed by atoms with Crippen LogP contribution in [-0.2, 0) is 11.2 Å². The quantitative estimate of drug-likeness (QED) is 0.150. The predicted molar refractivity (Wildman–Crippen MR) is 110 cm³/mol. The van der Waals surface area contributed by atoms with Gasteiger partial charge in [0.1, 0.15) is 5.75 Å². The minimum atomic E-state index is -0.500. The van der Waals surface area contributed by atoms with Crippen LogP contribution in [0.15, 0.2) is 65.8 Å². The minimum absolute atomic E-state index is 0.0875. The molecule has 0 spiro atoms. The summed E-state index contributed by atoms with van der Waals surface area (Å²) in [6, 6.07) is 13.5. The molecule has 0 fully saturated rings. The first-order valence-electron chi connectivity index (χ1n) is 9.01. The molecule has 0 amide bonds. The Balaban J connectivity index is 1.67. The number of ether oxygens (including phenoxy) is 1. The zero-order chi connectivity index (χ0) is 21.7. The number of para-hydroxylation sites is 1. The van der Waals surface area contributed by atoms with E-state index in [2.05, 4.69) is 4.98 Å². The number of carbonyl (C=O) groups excluding carboxylic acids is 3. The third kappa shape index (κ3) is 5.30. The number of thioether (sulfide) groups is 1. The molecule has 0 radical (unpaired) electrons. The smallest absolute Gasteiger partial charge is 0.308 e. The maximum Gasteiger partial charge on any atom is 0.308 e. The van der Waals surface area contributed by atoms with E-state index in [1.54, 1.807) is 55.5 Å². The molecule has 1 aromatic heterocycles. The van der Waals surface area contributed by atoms with Crippen molar-refractivity contribution >= 4 is 28.6 Å². The van der Waals surface area contributed by atoms with E-state index in [1.807, 2.05) is 0 Å². The molecule has 0 saturated heterocycles. The van der Waals surface area contributed by atoms with Crippen LogP contribution in [0.5, 0.6) is 5.75 Å². The topological polar surface area (TPSA) is 100 Å². The van der Waals surface area contributed by atoms with Crippen LogP contribution < -0.4 is 9.47 Å². The monoisotopic (exact) mass is 422 g/mol. The van der Waals surface area contributed by atoms with Crippen molar-refractivity contribution in [3.63, 3.8) is 0 Å². The molecule has 0 unspecified atom stereocenters. The fraction of sp³-hybridized carbons (Fsp3) is 0.136. The molecule has 0 atom stereocenters. The van der Waals surface area contributed by atoms with Crippen molar-refractivity contribution in [3.8, 4) is 5.75 Å². The molecule has 30 heavy (non-hydrogen) atoms. The van der Waals surface area contributed by atoms with Gasteiger partial charge < -0.3 is 9.94 Å². The summed E-state index contributed by atoms with van der Waals surface area (Å²) in [4.78, 5) is 40.8. The average molecular weight is 422 g/mol. The molecule has 1 heterocycles. The third-order valence-electron chi connectivity index (χ3n) is 4.12. The summed E-state index contributed by atoms with van der Waals surface area (Å²) in [6.45, 7) is 2.88. The number of hydrogen-bond donors (Lipinski definition) is 0. The predicted octanol–water partition coefficient (Wildman–Crippen LogP) is 3.31. The minimum Gasteiger partial charge on any atom is -0.618 e. The zero-order valence-corrected chi connectivity index (χ0v) is 17.1. The Morgan fingerprint density at radius 1 is 1.10 bits per heavy atom. The van der Waals surface area contributed by atoms with Gasteiger partial charge in [-0.05, 0) is 41.6 Å². The molecule has 8 heteroatoms. The number of ketones is 1. The number of nitrogens with zero attached hydrogens (tertiary/aromatic N) is 2. The summed E-state index contributed by atoms with van der Waals surface area (Å²) in [5.41, 5.74) is 1.55. The first-order valence-corrected chi connectivity index (χ1v) is 9.82. The highest BCUT2D eigenvalue weighted by Gasteiger charge is 2.16. The first kappa shape index (κ1) is 21.2. The number of hydrogen-bond acceptors (Lipinski definition) is 7. The van der Waals surface area contributed by atoms with Gasteiger partial charge in [0, 0.05) is 25.2 Å². The van der Waals surface area contributed by atoms with Crippen LogP contribution in [0.2, 0.25) is 0 Å². The fourth-order valence-corrected chi connectivity index (χ4v) is 3.37. The Bertz CT molecular complexity index is 1110. The maximum atomic E-state index is 12.6. The average Bonchev–Trinajstić information content (AvgIpc) is 2.71. The van der Waals surface area contributed by atoms with Gasteiger partial charge in [0.15, 0.2) is 11.5 Å². The molecule has 0 N–H and O–H groups in total. The SMILES string of the molecule is CC(=O)Oc1ccccc1C(=O)Sc1ccc(CC(=O)c2c[n+]([O-])c(C)cn2)cc1.